The molecule has 1 amide bonds. The van der Waals surface area contributed by atoms with Crippen molar-refractivity contribution in [3.8, 4) is 0 Å². The van der Waals surface area contributed by atoms with Crippen molar-refractivity contribution in [2.24, 2.45) is 0 Å². The molecule has 0 spiro atoms. The fourth-order valence-corrected chi connectivity index (χ4v) is 2.66. The first kappa shape index (κ1) is 17.5. The quantitative estimate of drug-likeness (QED) is 0.816. The zero-order valence-corrected chi connectivity index (χ0v) is 14.2. The number of aliphatic hydroxyl groups is 1. The summed E-state index contributed by atoms with van der Waals surface area (Å²) in [5.74, 6) is -0.0275. The molecule has 0 aliphatic rings. The van der Waals surface area contributed by atoms with Gasteiger partial charge in [-0.15, -0.1) is 0 Å². The van der Waals surface area contributed by atoms with E-state index in [4.69, 9.17) is 11.6 Å². The predicted octanol–water partition coefficient (Wildman–Crippen LogP) is 2.44. The van der Waals surface area contributed by atoms with E-state index >= 15 is 0 Å². The normalized spacial score (nSPS) is 12.2. The highest BCUT2D eigenvalue weighted by molar-refractivity contribution is 6.31. The molecule has 0 fully saturated rings. The highest BCUT2D eigenvalue weighted by atomic mass is 35.5. The SMILES string of the molecule is Cc1nn(CC(=O)NCC(CCO)c2ccccc2)c(C)c1Cl. The first-order valence-corrected chi connectivity index (χ1v) is 8.02. The second-order valence-corrected chi connectivity index (χ2v) is 5.94. The number of amides is 1. The molecule has 1 aromatic heterocycles. The third kappa shape index (κ3) is 4.56. The van der Waals surface area contributed by atoms with Crippen LogP contribution >= 0.6 is 11.6 Å². The molecule has 23 heavy (non-hydrogen) atoms. The van der Waals surface area contributed by atoms with Crippen LogP contribution in [0.15, 0.2) is 30.3 Å². The van der Waals surface area contributed by atoms with Gasteiger partial charge in [0.2, 0.25) is 5.91 Å². The Hall–Kier alpha value is -1.85. The molecule has 0 radical (unpaired) electrons. The van der Waals surface area contributed by atoms with Crippen LogP contribution in [-0.4, -0.2) is 33.9 Å². The van der Waals surface area contributed by atoms with Gasteiger partial charge < -0.3 is 10.4 Å². The fourth-order valence-electron chi connectivity index (χ4n) is 2.53. The van der Waals surface area contributed by atoms with Crippen molar-refractivity contribution in [2.45, 2.75) is 32.7 Å². The molecule has 1 heterocycles. The van der Waals surface area contributed by atoms with Crippen LogP contribution < -0.4 is 5.32 Å². The first-order valence-electron chi connectivity index (χ1n) is 7.65. The topological polar surface area (TPSA) is 67.2 Å². The van der Waals surface area contributed by atoms with Gasteiger partial charge in [-0.2, -0.15) is 5.10 Å². The molecule has 2 N–H and O–H groups in total. The van der Waals surface area contributed by atoms with Crippen LogP contribution in [0, 0.1) is 13.8 Å². The Kier molecular flexibility index (Phi) is 6.19. The van der Waals surface area contributed by atoms with E-state index in [0.717, 1.165) is 17.0 Å². The zero-order chi connectivity index (χ0) is 16.8. The van der Waals surface area contributed by atoms with Gasteiger partial charge in [0.05, 0.1) is 16.4 Å². The summed E-state index contributed by atoms with van der Waals surface area (Å²) in [7, 11) is 0. The third-order valence-corrected chi connectivity index (χ3v) is 4.43. The molecule has 2 aromatic rings. The van der Waals surface area contributed by atoms with Crippen molar-refractivity contribution in [3.63, 3.8) is 0 Å². The van der Waals surface area contributed by atoms with Gasteiger partial charge in [-0.1, -0.05) is 41.9 Å². The van der Waals surface area contributed by atoms with Crippen LogP contribution in [0.2, 0.25) is 5.02 Å². The molecule has 0 aliphatic heterocycles. The van der Waals surface area contributed by atoms with Crippen LogP contribution in [-0.2, 0) is 11.3 Å². The molecule has 1 atom stereocenters. The van der Waals surface area contributed by atoms with Gasteiger partial charge in [-0.25, -0.2) is 0 Å². The van der Waals surface area contributed by atoms with Gasteiger partial charge in [0.15, 0.2) is 0 Å². The van der Waals surface area contributed by atoms with Gasteiger partial charge in [0.1, 0.15) is 6.54 Å². The summed E-state index contributed by atoms with van der Waals surface area (Å²) in [5, 5.41) is 17.0. The Morgan fingerprint density at radius 3 is 2.61 bits per heavy atom. The highest BCUT2D eigenvalue weighted by Crippen LogP contribution is 2.19. The van der Waals surface area contributed by atoms with E-state index in [9.17, 15) is 9.90 Å². The molecule has 2 rings (SSSR count). The Bertz CT molecular complexity index is 655. The maximum Gasteiger partial charge on any atom is 0.241 e. The van der Waals surface area contributed by atoms with Crippen molar-refractivity contribution < 1.29 is 9.90 Å². The molecule has 0 saturated heterocycles. The average molecular weight is 336 g/mol. The molecule has 1 aromatic carbocycles. The molecule has 0 bridgehead atoms. The summed E-state index contributed by atoms with van der Waals surface area (Å²) >= 11 is 6.09. The van der Waals surface area contributed by atoms with Crippen LogP contribution in [0.25, 0.3) is 0 Å². The lowest BCUT2D eigenvalue weighted by molar-refractivity contribution is -0.121. The largest absolute Gasteiger partial charge is 0.396 e. The molecular weight excluding hydrogens is 314 g/mol. The van der Waals surface area contributed by atoms with Gasteiger partial charge >= 0.3 is 0 Å². The zero-order valence-electron chi connectivity index (χ0n) is 13.4. The summed E-state index contributed by atoms with van der Waals surface area (Å²) in [5.41, 5.74) is 2.62. The third-order valence-electron chi connectivity index (χ3n) is 3.88. The van der Waals surface area contributed by atoms with E-state index in [1.54, 1.807) is 4.68 Å². The summed E-state index contributed by atoms with van der Waals surface area (Å²) in [6.07, 6.45) is 0.607. The van der Waals surface area contributed by atoms with Gasteiger partial charge in [-0.05, 0) is 25.8 Å². The maximum absolute atomic E-state index is 12.1. The van der Waals surface area contributed by atoms with Crippen LogP contribution in [0.3, 0.4) is 0 Å². The van der Waals surface area contributed by atoms with Crippen LogP contribution in [0.5, 0.6) is 0 Å². The van der Waals surface area contributed by atoms with E-state index in [2.05, 4.69) is 10.4 Å². The van der Waals surface area contributed by atoms with Crippen molar-refractivity contribution in [2.75, 3.05) is 13.2 Å². The summed E-state index contributed by atoms with van der Waals surface area (Å²) in [6, 6.07) is 9.88. The van der Waals surface area contributed by atoms with E-state index in [0.29, 0.717) is 18.0 Å². The second-order valence-electron chi connectivity index (χ2n) is 5.57. The minimum atomic E-state index is -0.119. The van der Waals surface area contributed by atoms with Gasteiger partial charge in [-0.3, -0.25) is 9.48 Å². The number of hydrogen-bond donors (Lipinski definition) is 2. The molecule has 6 heteroatoms. The maximum atomic E-state index is 12.1. The Morgan fingerprint density at radius 1 is 1.35 bits per heavy atom. The summed E-state index contributed by atoms with van der Waals surface area (Å²) < 4.78 is 1.61. The standard InChI is InChI=1S/C17H22ClN3O2/c1-12-17(18)13(2)21(20-12)11-16(23)19-10-15(8-9-22)14-6-4-3-5-7-14/h3-7,15,22H,8-11H2,1-2H3,(H,19,23). The average Bonchev–Trinajstić information content (AvgIpc) is 2.79. The summed E-state index contributed by atoms with van der Waals surface area (Å²) in [4.78, 5) is 12.1. The van der Waals surface area contributed by atoms with Crippen LogP contribution in [0.1, 0.15) is 29.3 Å². The molecule has 0 saturated carbocycles. The van der Waals surface area contributed by atoms with Gasteiger partial charge in [0.25, 0.3) is 0 Å². The second kappa shape index (κ2) is 8.13. The number of aryl methyl sites for hydroxylation is 1. The number of hydrogen-bond acceptors (Lipinski definition) is 3. The van der Waals surface area contributed by atoms with Gasteiger partial charge in [0, 0.05) is 19.1 Å². The number of aliphatic hydroxyl groups excluding tert-OH is 1. The van der Waals surface area contributed by atoms with E-state index in [1.807, 2.05) is 44.2 Å². The Morgan fingerprint density at radius 2 is 2.04 bits per heavy atom. The lowest BCUT2D eigenvalue weighted by atomic mass is 9.96. The van der Waals surface area contributed by atoms with E-state index in [-0.39, 0.29) is 25.0 Å². The number of aromatic nitrogens is 2. The number of nitrogens with one attached hydrogen (secondary N) is 1. The number of rotatable bonds is 7. The van der Waals surface area contributed by atoms with Crippen molar-refractivity contribution >= 4 is 17.5 Å². The Labute approximate surface area is 141 Å². The lowest BCUT2D eigenvalue weighted by Gasteiger charge is -2.17. The van der Waals surface area contributed by atoms with Crippen molar-refractivity contribution in [3.05, 3.63) is 52.3 Å². The molecule has 5 nitrogen and oxygen atoms in total. The van der Waals surface area contributed by atoms with E-state index in [1.165, 1.54) is 0 Å². The number of benzene rings is 1. The number of carbonyl (C=O) groups excluding carboxylic acids is 1. The minimum absolute atomic E-state index is 0.0858. The van der Waals surface area contributed by atoms with Crippen molar-refractivity contribution in [1.29, 1.82) is 0 Å². The van der Waals surface area contributed by atoms with Crippen LogP contribution in [0.4, 0.5) is 0 Å². The minimum Gasteiger partial charge on any atom is -0.396 e. The molecule has 1 unspecified atom stereocenters. The molecule has 124 valence electrons. The molecular formula is C17H22ClN3O2. The predicted molar refractivity (Wildman–Crippen MR) is 90.6 cm³/mol. The smallest absolute Gasteiger partial charge is 0.241 e. The Balaban J connectivity index is 1.95. The summed E-state index contributed by atoms with van der Waals surface area (Å²) in [6.45, 7) is 4.36. The number of nitrogens with zero attached hydrogens (tertiary/aromatic N) is 2. The van der Waals surface area contributed by atoms with Crippen molar-refractivity contribution in [1.82, 2.24) is 15.1 Å². The highest BCUT2D eigenvalue weighted by Gasteiger charge is 2.15. The first-order chi connectivity index (χ1) is 11.0. The monoisotopic (exact) mass is 335 g/mol. The lowest BCUT2D eigenvalue weighted by Crippen LogP contribution is -2.32. The molecule has 0 aliphatic carbocycles. The number of carbonyl (C=O) groups is 1. The van der Waals surface area contributed by atoms with E-state index < -0.39 is 0 Å². The fraction of sp³-hybridized carbons (Fsp3) is 0.412. The number of halogens is 1.